The fourth-order valence-corrected chi connectivity index (χ4v) is 2.22. The van der Waals surface area contributed by atoms with Crippen LogP contribution in [0.25, 0.3) is 0 Å². The Morgan fingerprint density at radius 2 is 1.77 bits per heavy atom. The first-order chi connectivity index (χ1) is 10.6. The molecule has 22 heavy (non-hydrogen) atoms. The minimum Gasteiger partial charge on any atom is -0.502 e. The number of phenolic OH excluding ortho intramolecular Hbond substituents is 1. The maximum absolute atomic E-state index is 11.8. The summed E-state index contributed by atoms with van der Waals surface area (Å²) >= 11 is 0. The second kappa shape index (κ2) is 9.92. The molecule has 0 unspecified atom stereocenters. The Bertz CT molecular complexity index is 449. The van der Waals surface area contributed by atoms with Crippen molar-refractivity contribution in [1.29, 1.82) is 0 Å². The summed E-state index contributed by atoms with van der Waals surface area (Å²) in [5.41, 5.74) is 0.896. The second-order valence-corrected chi connectivity index (χ2v) is 5.26. The van der Waals surface area contributed by atoms with Gasteiger partial charge in [-0.25, -0.2) is 0 Å². The van der Waals surface area contributed by atoms with Crippen LogP contribution in [0.1, 0.15) is 44.6 Å². The topological polar surface area (TPSA) is 67.8 Å². The van der Waals surface area contributed by atoms with Gasteiger partial charge in [0.25, 0.3) is 0 Å². The first-order valence-electron chi connectivity index (χ1n) is 7.82. The molecule has 1 aromatic carbocycles. The highest BCUT2D eigenvalue weighted by atomic mass is 16.5. The standard InChI is InChI=1S/C17H27NO4/c1-4-5-6-7-10-18-16(19)9-8-13-11-14(21-2)17(20)15(12-13)22-3/h11-12,20H,4-10H2,1-3H3,(H,18,19). The predicted octanol–water partition coefficient (Wildman–Crippen LogP) is 3.04. The Kier molecular flexibility index (Phi) is 8.18. The van der Waals surface area contributed by atoms with Crippen molar-refractivity contribution in [2.45, 2.75) is 45.4 Å². The maximum Gasteiger partial charge on any atom is 0.220 e. The summed E-state index contributed by atoms with van der Waals surface area (Å²) in [6.07, 6.45) is 5.57. The molecule has 0 saturated carbocycles. The number of ether oxygens (including phenoxy) is 2. The van der Waals surface area contributed by atoms with Crippen molar-refractivity contribution in [2.75, 3.05) is 20.8 Å². The van der Waals surface area contributed by atoms with E-state index in [9.17, 15) is 9.90 Å². The number of aryl methyl sites for hydroxylation is 1. The van der Waals surface area contributed by atoms with Gasteiger partial charge in [0.15, 0.2) is 11.5 Å². The van der Waals surface area contributed by atoms with Crippen molar-refractivity contribution in [2.24, 2.45) is 0 Å². The number of amides is 1. The van der Waals surface area contributed by atoms with E-state index >= 15 is 0 Å². The van der Waals surface area contributed by atoms with Crippen molar-refractivity contribution in [3.8, 4) is 17.2 Å². The molecule has 0 heterocycles. The van der Waals surface area contributed by atoms with E-state index in [0.29, 0.717) is 24.3 Å². The highest BCUT2D eigenvalue weighted by Gasteiger charge is 2.12. The van der Waals surface area contributed by atoms with Gasteiger partial charge < -0.3 is 19.9 Å². The number of rotatable bonds is 10. The highest BCUT2D eigenvalue weighted by molar-refractivity contribution is 5.76. The zero-order valence-electron chi connectivity index (χ0n) is 13.8. The number of hydrogen-bond acceptors (Lipinski definition) is 4. The molecule has 0 aliphatic rings. The molecule has 0 fully saturated rings. The highest BCUT2D eigenvalue weighted by Crippen LogP contribution is 2.37. The van der Waals surface area contributed by atoms with Gasteiger partial charge >= 0.3 is 0 Å². The van der Waals surface area contributed by atoms with Crippen LogP contribution in [0.2, 0.25) is 0 Å². The Morgan fingerprint density at radius 3 is 2.32 bits per heavy atom. The molecule has 0 bridgehead atoms. The van der Waals surface area contributed by atoms with Gasteiger partial charge in [0.1, 0.15) is 0 Å². The van der Waals surface area contributed by atoms with E-state index < -0.39 is 0 Å². The molecule has 5 nitrogen and oxygen atoms in total. The van der Waals surface area contributed by atoms with Crippen LogP contribution in [0, 0.1) is 0 Å². The zero-order valence-corrected chi connectivity index (χ0v) is 13.8. The average Bonchev–Trinajstić information content (AvgIpc) is 2.53. The summed E-state index contributed by atoms with van der Waals surface area (Å²) in [4.78, 5) is 11.8. The van der Waals surface area contributed by atoms with E-state index in [0.717, 1.165) is 24.9 Å². The van der Waals surface area contributed by atoms with E-state index in [-0.39, 0.29) is 11.7 Å². The summed E-state index contributed by atoms with van der Waals surface area (Å²) in [6.45, 7) is 2.90. The van der Waals surface area contributed by atoms with E-state index in [2.05, 4.69) is 12.2 Å². The van der Waals surface area contributed by atoms with Gasteiger partial charge in [-0.05, 0) is 30.5 Å². The van der Waals surface area contributed by atoms with Crippen LogP contribution in [0.3, 0.4) is 0 Å². The van der Waals surface area contributed by atoms with Gasteiger partial charge in [-0.15, -0.1) is 0 Å². The molecule has 5 heteroatoms. The summed E-state index contributed by atoms with van der Waals surface area (Å²) in [7, 11) is 2.97. The first-order valence-corrected chi connectivity index (χ1v) is 7.82. The summed E-state index contributed by atoms with van der Waals surface area (Å²) in [5, 5.41) is 12.8. The van der Waals surface area contributed by atoms with Crippen molar-refractivity contribution < 1.29 is 19.4 Å². The smallest absolute Gasteiger partial charge is 0.220 e. The van der Waals surface area contributed by atoms with Crippen LogP contribution in [-0.4, -0.2) is 31.8 Å². The van der Waals surface area contributed by atoms with Crippen molar-refractivity contribution in [1.82, 2.24) is 5.32 Å². The number of hydrogen-bond donors (Lipinski definition) is 2. The summed E-state index contributed by atoms with van der Waals surface area (Å²) in [6, 6.07) is 3.46. The van der Waals surface area contributed by atoms with Crippen LogP contribution >= 0.6 is 0 Å². The quantitative estimate of drug-likeness (QED) is 0.652. The third-order valence-electron chi connectivity index (χ3n) is 3.53. The number of aromatic hydroxyl groups is 1. The molecular weight excluding hydrogens is 282 g/mol. The van der Waals surface area contributed by atoms with Crippen molar-refractivity contribution >= 4 is 5.91 Å². The lowest BCUT2D eigenvalue weighted by atomic mass is 10.1. The lowest BCUT2D eigenvalue weighted by molar-refractivity contribution is -0.121. The van der Waals surface area contributed by atoms with Gasteiger partial charge in [-0.2, -0.15) is 0 Å². The molecule has 0 radical (unpaired) electrons. The number of unbranched alkanes of at least 4 members (excludes halogenated alkanes) is 3. The lowest BCUT2D eigenvalue weighted by Gasteiger charge is -2.11. The third-order valence-corrected chi connectivity index (χ3v) is 3.53. The van der Waals surface area contributed by atoms with Crippen LogP contribution in [0.5, 0.6) is 17.2 Å². The van der Waals surface area contributed by atoms with Crippen LogP contribution in [0.15, 0.2) is 12.1 Å². The summed E-state index contributed by atoms with van der Waals surface area (Å²) < 4.78 is 10.2. The van der Waals surface area contributed by atoms with Gasteiger partial charge in [-0.3, -0.25) is 4.79 Å². The Labute approximate surface area is 132 Å². The van der Waals surface area contributed by atoms with Gasteiger partial charge in [-0.1, -0.05) is 26.2 Å². The molecule has 1 amide bonds. The number of nitrogens with one attached hydrogen (secondary N) is 1. The number of carbonyl (C=O) groups excluding carboxylic acids is 1. The monoisotopic (exact) mass is 309 g/mol. The zero-order chi connectivity index (χ0) is 16.4. The molecule has 0 aliphatic carbocycles. The van der Waals surface area contributed by atoms with E-state index in [1.54, 1.807) is 12.1 Å². The number of carbonyl (C=O) groups is 1. The largest absolute Gasteiger partial charge is 0.502 e. The van der Waals surface area contributed by atoms with Gasteiger partial charge in [0.05, 0.1) is 14.2 Å². The normalized spacial score (nSPS) is 10.3. The van der Waals surface area contributed by atoms with Crippen molar-refractivity contribution in [3.63, 3.8) is 0 Å². The Morgan fingerprint density at radius 1 is 1.14 bits per heavy atom. The van der Waals surface area contributed by atoms with Crippen LogP contribution in [-0.2, 0) is 11.2 Å². The SMILES string of the molecule is CCCCCCNC(=O)CCc1cc(OC)c(O)c(OC)c1. The van der Waals surface area contributed by atoms with E-state index in [1.807, 2.05) is 0 Å². The third kappa shape index (κ3) is 5.84. The molecule has 124 valence electrons. The molecule has 0 aromatic heterocycles. The van der Waals surface area contributed by atoms with Crippen molar-refractivity contribution in [3.05, 3.63) is 17.7 Å². The lowest BCUT2D eigenvalue weighted by Crippen LogP contribution is -2.24. The van der Waals surface area contributed by atoms with Crippen LogP contribution in [0.4, 0.5) is 0 Å². The van der Waals surface area contributed by atoms with Gasteiger partial charge in [0.2, 0.25) is 11.7 Å². The molecule has 1 aromatic rings. The van der Waals surface area contributed by atoms with E-state index in [4.69, 9.17) is 9.47 Å². The molecule has 0 aliphatic heterocycles. The minimum atomic E-state index is -0.0193. The molecule has 1 rings (SSSR count). The van der Waals surface area contributed by atoms with Crippen LogP contribution < -0.4 is 14.8 Å². The fourth-order valence-electron chi connectivity index (χ4n) is 2.22. The maximum atomic E-state index is 11.8. The predicted molar refractivity (Wildman–Crippen MR) is 86.7 cm³/mol. The molecule has 0 atom stereocenters. The fraction of sp³-hybridized carbons (Fsp3) is 0.588. The molecular formula is C17H27NO4. The van der Waals surface area contributed by atoms with E-state index in [1.165, 1.54) is 27.1 Å². The van der Waals surface area contributed by atoms with Gasteiger partial charge in [0, 0.05) is 13.0 Å². The minimum absolute atomic E-state index is 0.0193. The Balaban J connectivity index is 2.45. The summed E-state index contributed by atoms with van der Waals surface area (Å²) in [5.74, 6) is 0.736. The number of phenols is 1. The molecule has 0 spiro atoms. The average molecular weight is 309 g/mol. The Hall–Kier alpha value is -1.91. The molecule has 2 N–H and O–H groups in total. The second-order valence-electron chi connectivity index (χ2n) is 5.26. The molecule has 0 saturated heterocycles. The number of methoxy groups -OCH3 is 2. The first kappa shape index (κ1) is 18.1. The number of benzene rings is 1.